The van der Waals surface area contributed by atoms with Crippen molar-refractivity contribution in [3.05, 3.63) is 21.9 Å². The maximum atomic E-state index is 13.7. The van der Waals surface area contributed by atoms with Crippen molar-refractivity contribution in [3.8, 4) is 0 Å². The minimum atomic E-state index is -1.05. The summed E-state index contributed by atoms with van der Waals surface area (Å²) in [7, 11) is 0. The molecule has 2 bridgehead atoms. The van der Waals surface area contributed by atoms with Gasteiger partial charge in [-0.3, -0.25) is 19.2 Å². The molecule has 7 nitrogen and oxygen atoms in total. The van der Waals surface area contributed by atoms with E-state index in [0.717, 1.165) is 19.3 Å². The first-order valence-corrected chi connectivity index (χ1v) is 12.7. The number of amides is 2. The number of ketones is 1. The van der Waals surface area contributed by atoms with Crippen molar-refractivity contribution in [1.82, 2.24) is 9.80 Å². The maximum absolute atomic E-state index is 13.7. The van der Waals surface area contributed by atoms with Crippen LogP contribution in [0, 0.1) is 16.2 Å². The predicted molar refractivity (Wildman–Crippen MR) is 123 cm³/mol. The van der Waals surface area contributed by atoms with E-state index in [4.69, 9.17) is 4.74 Å². The van der Waals surface area contributed by atoms with Crippen molar-refractivity contribution < 1.29 is 23.9 Å². The van der Waals surface area contributed by atoms with Gasteiger partial charge in [0, 0.05) is 31.6 Å². The number of Topliss-reactive ketones (excluding diaryl/α,β-unsaturated/α-hetero) is 1. The molecule has 5 rings (SSSR count). The van der Waals surface area contributed by atoms with E-state index in [9.17, 15) is 19.2 Å². The lowest BCUT2D eigenvalue weighted by Gasteiger charge is -2.41. The third kappa shape index (κ3) is 2.98. The standard InChI is InChI=1S/C25H32N2O5S/c1-16(28)17-5-6-18(33-17)19(29)26-12-9-24(10-13-26)11-14-27(15-24)20(30)25-8-7-23(4,21(31)32-25)22(25,2)3/h5-6H,7-15H2,1-4H3/t23-,25+/m0/s1. The van der Waals surface area contributed by atoms with E-state index < -0.39 is 16.4 Å². The van der Waals surface area contributed by atoms with E-state index in [0.29, 0.717) is 48.8 Å². The van der Waals surface area contributed by atoms with Crippen LogP contribution in [0.3, 0.4) is 0 Å². The molecule has 4 heterocycles. The van der Waals surface area contributed by atoms with Crippen LogP contribution < -0.4 is 0 Å². The minimum Gasteiger partial charge on any atom is -0.448 e. The van der Waals surface area contributed by atoms with Gasteiger partial charge in [0.05, 0.1) is 15.2 Å². The van der Waals surface area contributed by atoms with Crippen molar-refractivity contribution in [2.75, 3.05) is 26.2 Å². The first-order chi connectivity index (χ1) is 15.4. The van der Waals surface area contributed by atoms with E-state index in [1.807, 2.05) is 30.6 Å². The first kappa shape index (κ1) is 22.6. The molecule has 3 saturated heterocycles. The number of piperidine rings is 1. The molecule has 0 N–H and O–H groups in total. The van der Waals surface area contributed by atoms with Crippen LogP contribution in [0.4, 0.5) is 0 Å². The minimum absolute atomic E-state index is 0.0116. The summed E-state index contributed by atoms with van der Waals surface area (Å²) in [6, 6.07) is 3.46. The third-order valence-corrected chi connectivity index (χ3v) is 10.6. The van der Waals surface area contributed by atoms with Crippen molar-refractivity contribution in [1.29, 1.82) is 0 Å². The highest BCUT2D eigenvalue weighted by atomic mass is 32.1. The SMILES string of the molecule is CC(=O)c1ccc(C(=O)N2CCC3(CC2)CCN(C(=O)[C@@]24CC[C@@](C)(C(=O)O2)C4(C)C)C3)s1. The number of ether oxygens (including phenoxy) is 1. The normalized spacial score (nSPS) is 31.8. The van der Waals surface area contributed by atoms with Crippen LogP contribution in [0.1, 0.15) is 79.1 Å². The summed E-state index contributed by atoms with van der Waals surface area (Å²) in [6.45, 7) is 10.1. The van der Waals surface area contributed by atoms with Gasteiger partial charge in [0.1, 0.15) is 0 Å². The van der Waals surface area contributed by atoms with Gasteiger partial charge in [-0.1, -0.05) is 13.8 Å². The van der Waals surface area contributed by atoms with Gasteiger partial charge in [-0.2, -0.15) is 0 Å². The average Bonchev–Trinajstić information content (AvgIpc) is 3.50. The number of nitrogens with zero attached hydrogens (tertiary/aromatic N) is 2. The van der Waals surface area contributed by atoms with Gasteiger partial charge in [-0.05, 0) is 63.5 Å². The molecule has 1 aromatic heterocycles. The number of hydrogen-bond donors (Lipinski definition) is 0. The Morgan fingerprint density at radius 3 is 2.03 bits per heavy atom. The number of carbonyl (C=O) groups is 4. The Kier molecular flexibility index (Phi) is 4.88. The largest absolute Gasteiger partial charge is 0.448 e. The molecule has 8 heteroatoms. The van der Waals surface area contributed by atoms with E-state index in [-0.39, 0.29) is 29.0 Å². The summed E-state index contributed by atoms with van der Waals surface area (Å²) in [5.41, 5.74) is -2.17. The topological polar surface area (TPSA) is 84.0 Å². The van der Waals surface area contributed by atoms with Crippen molar-refractivity contribution in [2.45, 2.75) is 65.4 Å². The molecule has 2 amide bonds. The molecular weight excluding hydrogens is 440 g/mol. The van der Waals surface area contributed by atoms with Crippen molar-refractivity contribution in [2.24, 2.45) is 16.2 Å². The number of likely N-dealkylation sites (tertiary alicyclic amines) is 2. The highest BCUT2D eigenvalue weighted by molar-refractivity contribution is 7.15. The summed E-state index contributed by atoms with van der Waals surface area (Å²) in [4.78, 5) is 55.8. The number of rotatable bonds is 3. The number of fused-ring (bicyclic) bond motifs is 2. The Balaban J connectivity index is 1.25. The summed E-state index contributed by atoms with van der Waals surface area (Å²) in [6.07, 6.45) is 3.89. The molecule has 1 aromatic rings. The molecule has 33 heavy (non-hydrogen) atoms. The lowest BCUT2D eigenvalue weighted by molar-refractivity contribution is -0.173. The second-order valence-corrected chi connectivity index (χ2v) is 12.2. The zero-order valence-corrected chi connectivity index (χ0v) is 20.7. The van der Waals surface area contributed by atoms with E-state index >= 15 is 0 Å². The second-order valence-electron chi connectivity index (χ2n) is 11.2. The smallest absolute Gasteiger partial charge is 0.313 e. The Morgan fingerprint density at radius 2 is 1.52 bits per heavy atom. The molecule has 1 spiro atoms. The Morgan fingerprint density at radius 1 is 0.909 bits per heavy atom. The molecule has 0 unspecified atom stereocenters. The fraction of sp³-hybridized carbons (Fsp3) is 0.680. The van der Waals surface area contributed by atoms with Crippen LogP contribution in [0.5, 0.6) is 0 Å². The molecule has 4 aliphatic rings. The number of thiophene rings is 1. The molecule has 0 radical (unpaired) electrons. The molecule has 178 valence electrons. The van der Waals surface area contributed by atoms with Crippen LogP contribution in [-0.2, 0) is 14.3 Å². The molecule has 1 saturated carbocycles. The summed E-state index contributed by atoms with van der Waals surface area (Å²) in [5, 5.41) is 0. The maximum Gasteiger partial charge on any atom is 0.313 e. The van der Waals surface area contributed by atoms with Gasteiger partial charge in [0.25, 0.3) is 11.8 Å². The Labute approximate surface area is 198 Å². The molecule has 3 aliphatic heterocycles. The van der Waals surface area contributed by atoms with Crippen LogP contribution in [0.25, 0.3) is 0 Å². The van der Waals surface area contributed by atoms with E-state index in [1.165, 1.54) is 18.3 Å². The van der Waals surface area contributed by atoms with Crippen LogP contribution in [-0.4, -0.2) is 65.1 Å². The quantitative estimate of drug-likeness (QED) is 0.496. The summed E-state index contributed by atoms with van der Waals surface area (Å²) >= 11 is 1.26. The zero-order valence-electron chi connectivity index (χ0n) is 19.9. The van der Waals surface area contributed by atoms with Crippen LogP contribution in [0.2, 0.25) is 0 Å². The van der Waals surface area contributed by atoms with Gasteiger partial charge in [-0.25, -0.2) is 0 Å². The second kappa shape index (κ2) is 7.14. The fourth-order valence-corrected chi connectivity index (χ4v) is 7.34. The van der Waals surface area contributed by atoms with Crippen LogP contribution in [0.15, 0.2) is 12.1 Å². The summed E-state index contributed by atoms with van der Waals surface area (Å²) in [5.74, 6) is -0.315. The zero-order chi connectivity index (χ0) is 23.8. The van der Waals surface area contributed by atoms with E-state index in [1.54, 1.807) is 12.1 Å². The number of esters is 1. The van der Waals surface area contributed by atoms with Crippen LogP contribution >= 0.6 is 11.3 Å². The van der Waals surface area contributed by atoms with Crippen molar-refractivity contribution >= 4 is 34.9 Å². The first-order valence-electron chi connectivity index (χ1n) is 11.9. The Hall–Kier alpha value is -2.22. The van der Waals surface area contributed by atoms with Gasteiger partial charge in [0.15, 0.2) is 11.4 Å². The average molecular weight is 473 g/mol. The van der Waals surface area contributed by atoms with Gasteiger partial charge in [-0.15, -0.1) is 11.3 Å². The lowest BCUT2D eigenvalue weighted by Crippen LogP contribution is -2.55. The third-order valence-electron chi connectivity index (χ3n) is 9.43. The molecule has 0 aromatic carbocycles. The lowest BCUT2D eigenvalue weighted by atomic mass is 9.66. The molecule has 4 fully saturated rings. The monoisotopic (exact) mass is 472 g/mol. The van der Waals surface area contributed by atoms with Gasteiger partial charge >= 0.3 is 5.97 Å². The molecular formula is C25H32N2O5S. The van der Waals surface area contributed by atoms with Crippen molar-refractivity contribution in [3.63, 3.8) is 0 Å². The fourth-order valence-electron chi connectivity index (χ4n) is 6.48. The number of hydrogen-bond acceptors (Lipinski definition) is 6. The van der Waals surface area contributed by atoms with Gasteiger partial charge in [0.2, 0.25) is 0 Å². The molecule has 1 aliphatic carbocycles. The highest BCUT2D eigenvalue weighted by Gasteiger charge is 2.76. The summed E-state index contributed by atoms with van der Waals surface area (Å²) < 4.78 is 5.83. The molecule has 2 atom stereocenters. The Bertz CT molecular complexity index is 1050. The predicted octanol–water partition coefficient (Wildman–Crippen LogP) is 3.53. The number of carbonyl (C=O) groups excluding carboxylic acids is 4. The highest BCUT2D eigenvalue weighted by Crippen LogP contribution is 2.66. The van der Waals surface area contributed by atoms with E-state index in [2.05, 4.69) is 0 Å². The van der Waals surface area contributed by atoms with Gasteiger partial charge < -0.3 is 14.5 Å².